The molecule has 0 aliphatic heterocycles. The van der Waals surface area contributed by atoms with Gasteiger partial charge in [0.25, 0.3) is 10.1 Å². The van der Waals surface area contributed by atoms with E-state index in [0.717, 1.165) is 15.4 Å². The van der Waals surface area contributed by atoms with Gasteiger partial charge in [0, 0.05) is 16.1 Å². The van der Waals surface area contributed by atoms with Gasteiger partial charge in [-0.05, 0) is 66.5 Å². The van der Waals surface area contributed by atoms with Crippen molar-refractivity contribution < 1.29 is 26.1 Å². The molecule has 1 N–H and O–H groups in total. The Balaban J connectivity index is 2.45. The summed E-state index contributed by atoms with van der Waals surface area (Å²) in [5, 5.41) is 9.52. The molecular formula is C18H26INO6S2. The monoisotopic (exact) mass is 543 g/mol. The number of hydrogen-bond donors (Lipinski definition) is 1. The zero-order valence-electron chi connectivity index (χ0n) is 16.1. The molecule has 1 aromatic rings. The Morgan fingerprint density at radius 1 is 1.21 bits per heavy atom. The number of aliphatic hydroxyl groups excluding tert-OH is 1. The lowest BCUT2D eigenvalue weighted by molar-refractivity contribution is 0.171. The third-order valence-corrected chi connectivity index (χ3v) is 7.42. The van der Waals surface area contributed by atoms with Crippen LogP contribution >= 0.6 is 22.6 Å². The predicted molar refractivity (Wildman–Crippen MR) is 118 cm³/mol. The smallest absolute Gasteiger partial charge is 0.264 e. The van der Waals surface area contributed by atoms with Gasteiger partial charge in [0.1, 0.15) is 0 Å². The maximum absolute atomic E-state index is 12.7. The molecule has 0 radical (unpaired) electrons. The normalized spacial score (nSPS) is 21.8. The van der Waals surface area contributed by atoms with E-state index in [0.29, 0.717) is 24.9 Å². The van der Waals surface area contributed by atoms with E-state index in [1.807, 2.05) is 18.2 Å². The fraction of sp³-hybridized carbons (Fsp3) is 0.556. The second-order valence-electron chi connectivity index (χ2n) is 6.99. The van der Waals surface area contributed by atoms with E-state index in [-0.39, 0.29) is 12.5 Å². The summed E-state index contributed by atoms with van der Waals surface area (Å²) < 4.78 is 55.5. The fourth-order valence-corrected chi connectivity index (χ4v) is 6.30. The van der Waals surface area contributed by atoms with Crippen molar-refractivity contribution in [3.63, 3.8) is 0 Å². The predicted octanol–water partition coefficient (Wildman–Crippen LogP) is 2.51. The van der Waals surface area contributed by atoms with Gasteiger partial charge in [0.05, 0.1) is 30.3 Å². The van der Waals surface area contributed by atoms with Crippen LogP contribution in [0.3, 0.4) is 0 Å². The van der Waals surface area contributed by atoms with E-state index in [1.54, 1.807) is 19.1 Å². The number of benzene rings is 1. The number of sulfonamides is 1. The van der Waals surface area contributed by atoms with Crippen molar-refractivity contribution in [2.75, 3.05) is 23.4 Å². The Morgan fingerprint density at radius 2 is 1.86 bits per heavy atom. The minimum Gasteiger partial charge on any atom is -0.396 e. The van der Waals surface area contributed by atoms with Gasteiger partial charge in [-0.1, -0.05) is 18.2 Å². The zero-order valence-corrected chi connectivity index (χ0v) is 19.9. The van der Waals surface area contributed by atoms with Gasteiger partial charge in [-0.2, -0.15) is 8.42 Å². The van der Waals surface area contributed by atoms with Gasteiger partial charge in [-0.25, -0.2) is 8.42 Å². The first-order valence-corrected chi connectivity index (χ1v) is 13.6. The van der Waals surface area contributed by atoms with Crippen LogP contribution in [0.1, 0.15) is 26.2 Å². The third-order valence-electron chi connectivity index (χ3n) is 4.69. The number of para-hydroxylation sites is 1. The molecule has 0 fully saturated rings. The van der Waals surface area contributed by atoms with E-state index in [4.69, 9.17) is 4.18 Å². The van der Waals surface area contributed by atoms with E-state index >= 15 is 0 Å². The SMILES string of the molecule is CC(OS(C)(=O)=O)C1C=C(CCO)C(N(c2ccccc2I)S(C)(=O)=O)CC1. The van der Waals surface area contributed by atoms with Crippen molar-refractivity contribution in [2.45, 2.75) is 38.3 Å². The van der Waals surface area contributed by atoms with Gasteiger partial charge >= 0.3 is 0 Å². The molecule has 2 rings (SSSR count). The summed E-state index contributed by atoms with van der Waals surface area (Å²) in [6.07, 6.45) is 4.88. The number of hydrogen-bond acceptors (Lipinski definition) is 6. The summed E-state index contributed by atoms with van der Waals surface area (Å²) in [6.45, 7) is 1.56. The highest BCUT2D eigenvalue weighted by Gasteiger charge is 2.35. The zero-order chi connectivity index (χ0) is 21.1. The Morgan fingerprint density at radius 3 is 2.39 bits per heavy atom. The van der Waals surface area contributed by atoms with Gasteiger partial charge in [0.15, 0.2) is 0 Å². The van der Waals surface area contributed by atoms with Crippen LogP contribution in [-0.2, 0) is 24.3 Å². The van der Waals surface area contributed by atoms with E-state index in [9.17, 15) is 21.9 Å². The molecule has 0 spiro atoms. The standard InChI is InChI=1S/C18H26INO6S2/c1-13(26-28(3,24)25)14-8-9-17(15(12-14)10-11-21)20(27(2,22)23)18-7-5-4-6-16(18)19/h4-7,12-14,17,21H,8-11H2,1-3H3. The van der Waals surface area contributed by atoms with E-state index < -0.39 is 32.3 Å². The summed E-state index contributed by atoms with van der Waals surface area (Å²) in [4.78, 5) is 0. The molecule has 158 valence electrons. The van der Waals surface area contributed by atoms with Crippen LogP contribution in [0.15, 0.2) is 35.9 Å². The van der Waals surface area contributed by atoms with E-state index in [2.05, 4.69) is 22.6 Å². The van der Waals surface area contributed by atoms with Gasteiger partial charge in [0.2, 0.25) is 10.0 Å². The van der Waals surface area contributed by atoms with Gasteiger partial charge in [-0.3, -0.25) is 8.49 Å². The molecule has 10 heteroatoms. The molecule has 0 aromatic heterocycles. The largest absolute Gasteiger partial charge is 0.396 e. The second-order valence-corrected chi connectivity index (χ2v) is 11.6. The first-order valence-electron chi connectivity index (χ1n) is 8.87. The topological polar surface area (TPSA) is 101 Å². The second kappa shape index (κ2) is 9.41. The molecule has 1 aromatic carbocycles. The van der Waals surface area contributed by atoms with Crippen LogP contribution < -0.4 is 4.31 Å². The van der Waals surface area contributed by atoms with Crippen molar-refractivity contribution in [2.24, 2.45) is 5.92 Å². The number of rotatable bonds is 8. The van der Waals surface area contributed by atoms with Crippen LogP contribution in [0.4, 0.5) is 5.69 Å². The van der Waals surface area contributed by atoms with Gasteiger partial charge in [-0.15, -0.1) is 0 Å². The van der Waals surface area contributed by atoms with Crippen LogP contribution in [0.2, 0.25) is 0 Å². The number of halogens is 1. The molecule has 1 aliphatic carbocycles. The van der Waals surface area contributed by atoms with Crippen molar-refractivity contribution in [3.8, 4) is 0 Å². The van der Waals surface area contributed by atoms with Crippen molar-refractivity contribution in [1.29, 1.82) is 0 Å². The summed E-state index contributed by atoms with van der Waals surface area (Å²) in [6, 6.07) is 6.81. The fourth-order valence-electron chi connectivity index (χ4n) is 3.58. The quantitative estimate of drug-likeness (QED) is 0.307. The average Bonchev–Trinajstić information content (AvgIpc) is 2.55. The maximum Gasteiger partial charge on any atom is 0.264 e. The molecule has 0 saturated carbocycles. The molecule has 0 heterocycles. The number of aliphatic hydroxyl groups is 1. The van der Waals surface area contributed by atoms with Crippen LogP contribution in [0, 0.1) is 9.49 Å². The minimum atomic E-state index is -3.59. The third kappa shape index (κ3) is 6.15. The molecule has 1 aliphatic rings. The lowest BCUT2D eigenvalue weighted by Gasteiger charge is -2.38. The highest BCUT2D eigenvalue weighted by Crippen LogP contribution is 2.37. The summed E-state index contributed by atoms with van der Waals surface area (Å²) in [5.41, 5.74) is 1.37. The molecule has 3 atom stereocenters. The molecule has 0 saturated heterocycles. The Bertz CT molecular complexity index is 929. The van der Waals surface area contributed by atoms with E-state index in [1.165, 1.54) is 10.6 Å². The number of anilines is 1. The van der Waals surface area contributed by atoms with Crippen LogP contribution in [0.25, 0.3) is 0 Å². The lowest BCUT2D eigenvalue weighted by Crippen LogP contribution is -2.44. The first kappa shape index (κ1) is 23.6. The Hall–Kier alpha value is -0.690. The van der Waals surface area contributed by atoms with Crippen molar-refractivity contribution in [3.05, 3.63) is 39.5 Å². The Kier molecular flexibility index (Phi) is 7.93. The van der Waals surface area contributed by atoms with Crippen LogP contribution in [-0.4, -0.2) is 53.2 Å². The highest BCUT2D eigenvalue weighted by molar-refractivity contribution is 14.1. The first-order chi connectivity index (χ1) is 12.9. The molecule has 7 nitrogen and oxygen atoms in total. The molecule has 3 unspecified atom stereocenters. The lowest BCUT2D eigenvalue weighted by atomic mass is 9.83. The highest BCUT2D eigenvalue weighted by atomic mass is 127. The molecule has 28 heavy (non-hydrogen) atoms. The minimum absolute atomic E-state index is 0.125. The average molecular weight is 543 g/mol. The summed E-state index contributed by atoms with van der Waals surface area (Å²) >= 11 is 2.11. The molecular weight excluding hydrogens is 517 g/mol. The van der Waals surface area contributed by atoms with Crippen molar-refractivity contribution in [1.82, 2.24) is 0 Å². The maximum atomic E-state index is 12.7. The number of nitrogens with zero attached hydrogens (tertiary/aromatic N) is 1. The Labute approximate surface area is 181 Å². The molecule has 0 amide bonds. The summed E-state index contributed by atoms with van der Waals surface area (Å²) in [7, 11) is -7.17. The summed E-state index contributed by atoms with van der Waals surface area (Å²) in [5.74, 6) is -0.177. The van der Waals surface area contributed by atoms with Crippen molar-refractivity contribution >= 4 is 48.4 Å². The van der Waals surface area contributed by atoms with Crippen LogP contribution in [0.5, 0.6) is 0 Å². The van der Waals surface area contributed by atoms with Gasteiger partial charge < -0.3 is 5.11 Å². The molecule has 0 bridgehead atoms.